The molecule has 3 rings (SSSR count). The minimum absolute atomic E-state index is 0.144. The van der Waals surface area contributed by atoms with Crippen molar-refractivity contribution < 1.29 is 9.59 Å². The van der Waals surface area contributed by atoms with E-state index in [9.17, 15) is 9.59 Å². The standard InChI is InChI=1S/C19H23N3O2S2/c1-12(2)11-25-19-20-13(3)16(26-19)10-17(23)21-22-9-8-14-6-4-5-7-15(14)18(22)24/h4-7,12H,8-11H2,1-3H3,(H,21,23). The van der Waals surface area contributed by atoms with E-state index in [0.717, 1.165) is 32.6 Å². The first-order valence-electron chi connectivity index (χ1n) is 8.72. The Morgan fingerprint density at radius 3 is 2.92 bits per heavy atom. The Hall–Kier alpha value is -1.86. The van der Waals surface area contributed by atoms with Crippen molar-refractivity contribution >= 4 is 34.9 Å². The number of hydrogen-bond donors (Lipinski definition) is 1. The Morgan fingerprint density at radius 2 is 2.15 bits per heavy atom. The van der Waals surface area contributed by atoms with Gasteiger partial charge in [0, 0.05) is 22.7 Å². The molecule has 2 heterocycles. The fraction of sp³-hybridized carbons (Fsp3) is 0.421. The summed E-state index contributed by atoms with van der Waals surface area (Å²) in [5.41, 5.74) is 5.36. The second-order valence-electron chi connectivity index (χ2n) is 6.77. The SMILES string of the molecule is Cc1nc(SCC(C)C)sc1CC(=O)NN1CCc2ccccc2C1=O. The molecule has 1 aromatic carbocycles. The summed E-state index contributed by atoms with van der Waals surface area (Å²) in [5, 5.41) is 1.43. The average molecular weight is 390 g/mol. The second kappa shape index (κ2) is 8.22. The lowest BCUT2D eigenvalue weighted by atomic mass is 10.0. The van der Waals surface area contributed by atoms with Crippen molar-refractivity contribution in [3.8, 4) is 0 Å². The Balaban J connectivity index is 1.60. The second-order valence-corrected chi connectivity index (χ2v) is 9.12. The van der Waals surface area contributed by atoms with Gasteiger partial charge in [-0.1, -0.05) is 43.8 Å². The van der Waals surface area contributed by atoms with E-state index in [-0.39, 0.29) is 18.2 Å². The molecule has 0 unspecified atom stereocenters. The van der Waals surface area contributed by atoms with Crippen LogP contribution in [0, 0.1) is 12.8 Å². The molecular weight excluding hydrogens is 366 g/mol. The van der Waals surface area contributed by atoms with Gasteiger partial charge in [0.1, 0.15) is 4.34 Å². The van der Waals surface area contributed by atoms with Gasteiger partial charge >= 0.3 is 0 Å². The van der Waals surface area contributed by atoms with Gasteiger partial charge in [0.05, 0.1) is 12.1 Å². The molecule has 0 saturated carbocycles. The van der Waals surface area contributed by atoms with Crippen LogP contribution < -0.4 is 5.43 Å². The molecule has 1 aliphatic heterocycles. The number of carbonyl (C=O) groups is 2. The maximum atomic E-state index is 12.5. The summed E-state index contributed by atoms with van der Waals surface area (Å²) >= 11 is 3.30. The normalized spacial score (nSPS) is 13.8. The summed E-state index contributed by atoms with van der Waals surface area (Å²) in [6.07, 6.45) is 0.995. The summed E-state index contributed by atoms with van der Waals surface area (Å²) in [6.45, 7) is 6.78. The monoisotopic (exact) mass is 389 g/mol. The molecule has 1 aliphatic rings. The van der Waals surface area contributed by atoms with Crippen molar-refractivity contribution in [1.29, 1.82) is 0 Å². The van der Waals surface area contributed by atoms with Gasteiger partial charge in [-0.25, -0.2) is 9.99 Å². The Bertz CT molecular complexity index is 817. The summed E-state index contributed by atoms with van der Waals surface area (Å²) in [7, 11) is 0. The third kappa shape index (κ3) is 4.45. The van der Waals surface area contributed by atoms with E-state index >= 15 is 0 Å². The largest absolute Gasteiger partial charge is 0.273 e. The lowest BCUT2D eigenvalue weighted by Crippen LogP contribution is -2.50. The number of thiazole rings is 1. The molecule has 7 heteroatoms. The average Bonchev–Trinajstić information content (AvgIpc) is 2.95. The van der Waals surface area contributed by atoms with Crippen LogP contribution in [0.3, 0.4) is 0 Å². The predicted octanol–water partition coefficient (Wildman–Crippen LogP) is 3.47. The summed E-state index contributed by atoms with van der Waals surface area (Å²) in [4.78, 5) is 30.5. The van der Waals surface area contributed by atoms with Crippen molar-refractivity contribution in [3.63, 3.8) is 0 Å². The fourth-order valence-electron chi connectivity index (χ4n) is 2.73. The Labute approximate surface area is 162 Å². The molecule has 0 spiro atoms. The van der Waals surface area contributed by atoms with E-state index in [1.807, 2.05) is 31.2 Å². The number of aryl methyl sites for hydroxylation is 1. The number of hydrazine groups is 1. The van der Waals surface area contributed by atoms with E-state index in [2.05, 4.69) is 24.3 Å². The molecular formula is C19H23N3O2S2. The lowest BCUT2D eigenvalue weighted by molar-refractivity contribution is -0.124. The first-order chi connectivity index (χ1) is 12.4. The molecule has 0 bridgehead atoms. The van der Waals surface area contributed by atoms with Crippen LogP contribution in [-0.4, -0.2) is 34.1 Å². The number of amides is 2. The maximum Gasteiger partial charge on any atom is 0.272 e. The van der Waals surface area contributed by atoms with Crippen molar-refractivity contribution in [2.75, 3.05) is 12.3 Å². The number of rotatable bonds is 6. The van der Waals surface area contributed by atoms with Gasteiger partial charge in [0.25, 0.3) is 5.91 Å². The topological polar surface area (TPSA) is 62.3 Å². The number of thioether (sulfide) groups is 1. The van der Waals surface area contributed by atoms with Gasteiger partial charge in [0.2, 0.25) is 5.91 Å². The van der Waals surface area contributed by atoms with Crippen LogP contribution >= 0.6 is 23.1 Å². The van der Waals surface area contributed by atoms with Crippen LogP contribution in [0.15, 0.2) is 28.6 Å². The third-order valence-corrected chi connectivity index (χ3v) is 6.82. The zero-order valence-corrected chi connectivity index (χ0v) is 16.9. The van der Waals surface area contributed by atoms with Gasteiger partial charge in [-0.2, -0.15) is 0 Å². The summed E-state index contributed by atoms with van der Waals surface area (Å²) < 4.78 is 1.00. The number of nitrogens with one attached hydrogen (secondary N) is 1. The van der Waals surface area contributed by atoms with Crippen LogP contribution in [-0.2, 0) is 17.6 Å². The Kier molecular flexibility index (Phi) is 5.98. The maximum absolute atomic E-state index is 12.5. The van der Waals surface area contributed by atoms with E-state index in [4.69, 9.17) is 0 Å². The minimum atomic E-state index is -0.176. The van der Waals surface area contributed by atoms with Crippen molar-refractivity contribution in [1.82, 2.24) is 15.4 Å². The quantitative estimate of drug-likeness (QED) is 0.769. The van der Waals surface area contributed by atoms with Crippen LogP contribution in [0.2, 0.25) is 0 Å². The number of benzene rings is 1. The van der Waals surface area contributed by atoms with Gasteiger partial charge < -0.3 is 0 Å². The van der Waals surface area contributed by atoms with Crippen LogP contribution in [0.1, 0.15) is 40.3 Å². The molecule has 26 heavy (non-hydrogen) atoms. The highest BCUT2D eigenvalue weighted by atomic mass is 32.2. The number of aromatic nitrogens is 1. The van der Waals surface area contributed by atoms with Crippen LogP contribution in [0.5, 0.6) is 0 Å². The van der Waals surface area contributed by atoms with Crippen LogP contribution in [0.4, 0.5) is 0 Å². The highest BCUT2D eigenvalue weighted by Gasteiger charge is 2.25. The van der Waals surface area contributed by atoms with Gasteiger partial charge in [-0.3, -0.25) is 15.0 Å². The molecule has 0 saturated heterocycles. The molecule has 1 aromatic heterocycles. The highest BCUT2D eigenvalue weighted by molar-refractivity contribution is 8.01. The molecule has 5 nitrogen and oxygen atoms in total. The molecule has 138 valence electrons. The van der Waals surface area contributed by atoms with Gasteiger partial charge in [0.15, 0.2) is 0 Å². The highest BCUT2D eigenvalue weighted by Crippen LogP contribution is 2.29. The summed E-state index contributed by atoms with van der Waals surface area (Å²) in [5.74, 6) is 1.29. The first kappa shape index (κ1) is 18.9. The van der Waals surface area contributed by atoms with Gasteiger partial charge in [-0.15, -0.1) is 11.3 Å². The third-order valence-electron chi connectivity index (χ3n) is 4.09. The lowest BCUT2D eigenvalue weighted by Gasteiger charge is -2.28. The Morgan fingerprint density at radius 1 is 1.38 bits per heavy atom. The fourth-order valence-corrected chi connectivity index (χ4v) is 4.94. The van der Waals surface area contributed by atoms with Crippen LogP contribution in [0.25, 0.3) is 0 Å². The molecule has 2 aromatic rings. The van der Waals surface area contributed by atoms with Crippen molar-refractivity contribution in [3.05, 3.63) is 46.0 Å². The zero-order valence-electron chi connectivity index (χ0n) is 15.2. The molecule has 1 N–H and O–H groups in total. The molecule has 0 radical (unpaired) electrons. The van der Waals surface area contributed by atoms with Crippen molar-refractivity contribution in [2.45, 2.75) is 38.0 Å². The van der Waals surface area contributed by atoms with E-state index < -0.39 is 0 Å². The zero-order chi connectivity index (χ0) is 18.7. The molecule has 0 aliphatic carbocycles. The molecule has 0 atom stereocenters. The van der Waals surface area contributed by atoms with Gasteiger partial charge in [-0.05, 0) is 30.9 Å². The number of nitrogens with zero attached hydrogens (tertiary/aromatic N) is 2. The molecule has 2 amide bonds. The number of hydrogen-bond acceptors (Lipinski definition) is 5. The molecule has 0 fully saturated rings. The van der Waals surface area contributed by atoms with E-state index in [0.29, 0.717) is 18.0 Å². The first-order valence-corrected chi connectivity index (χ1v) is 10.5. The van der Waals surface area contributed by atoms with E-state index in [1.54, 1.807) is 23.1 Å². The summed E-state index contributed by atoms with van der Waals surface area (Å²) in [6, 6.07) is 7.55. The predicted molar refractivity (Wildman–Crippen MR) is 105 cm³/mol. The number of carbonyl (C=O) groups excluding carboxylic acids is 2. The van der Waals surface area contributed by atoms with Crippen molar-refractivity contribution in [2.24, 2.45) is 5.92 Å². The number of fused-ring (bicyclic) bond motifs is 1. The smallest absolute Gasteiger partial charge is 0.272 e. The van der Waals surface area contributed by atoms with E-state index in [1.165, 1.54) is 5.01 Å². The minimum Gasteiger partial charge on any atom is -0.273 e.